The van der Waals surface area contributed by atoms with Gasteiger partial charge in [0.25, 0.3) is 0 Å². The zero-order valence-corrected chi connectivity index (χ0v) is 18.1. The molecule has 1 saturated heterocycles. The molecular formula is C24H24N4O3S. The summed E-state index contributed by atoms with van der Waals surface area (Å²) in [7, 11) is 0. The van der Waals surface area contributed by atoms with Crippen LogP contribution in [0.4, 0.5) is 5.69 Å². The van der Waals surface area contributed by atoms with Gasteiger partial charge in [-0.2, -0.15) is 0 Å². The largest absolute Gasteiger partial charge is 0.390 e. The number of aliphatic hydroxyl groups excluding tert-OH is 2. The van der Waals surface area contributed by atoms with E-state index >= 15 is 0 Å². The summed E-state index contributed by atoms with van der Waals surface area (Å²) in [5.41, 5.74) is 1.77. The number of aromatic nitrogens is 1. The van der Waals surface area contributed by atoms with Crippen molar-refractivity contribution in [2.75, 3.05) is 4.90 Å². The van der Waals surface area contributed by atoms with E-state index < -0.39 is 30.2 Å². The van der Waals surface area contributed by atoms with Gasteiger partial charge in [0.15, 0.2) is 5.11 Å². The molecule has 32 heavy (non-hydrogen) atoms. The predicted molar refractivity (Wildman–Crippen MR) is 126 cm³/mol. The van der Waals surface area contributed by atoms with E-state index in [1.807, 2.05) is 59.5 Å². The molecule has 0 spiro atoms. The molecule has 5 atom stereocenters. The van der Waals surface area contributed by atoms with Crippen molar-refractivity contribution in [2.45, 2.75) is 37.3 Å². The summed E-state index contributed by atoms with van der Waals surface area (Å²) in [4.78, 5) is 19.3. The normalized spacial score (nSPS) is 27.1. The lowest BCUT2D eigenvalue weighted by Gasteiger charge is -2.41. The van der Waals surface area contributed by atoms with Gasteiger partial charge in [-0.1, -0.05) is 42.5 Å². The molecule has 2 fully saturated rings. The number of hydrogen-bond acceptors (Lipinski definition) is 5. The molecule has 0 unspecified atom stereocenters. The summed E-state index contributed by atoms with van der Waals surface area (Å²) in [5, 5.41) is 29.9. The molecule has 1 aliphatic heterocycles. The summed E-state index contributed by atoms with van der Waals surface area (Å²) in [6.07, 6.45) is 1.49. The number of thiocarbonyl (C=S) groups is 1. The number of aliphatic hydroxyl groups is 2. The number of hydrogen-bond donors (Lipinski definition) is 4. The van der Waals surface area contributed by atoms with Crippen molar-refractivity contribution >= 4 is 39.7 Å². The number of rotatable bonds is 4. The summed E-state index contributed by atoms with van der Waals surface area (Å²) >= 11 is 5.65. The first-order valence-corrected chi connectivity index (χ1v) is 11.1. The fourth-order valence-corrected chi connectivity index (χ4v) is 5.22. The number of nitrogens with zero attached hydrogens (tertiary/aromatic N) is 2. The molecule has 8 heteroatoms. The summed E-state index contributed by atoms with van der Waals surface area (Å²) in [5.74, 6) is -0.756. The summed E-state index contributed by atoms with van der Waals surface area (Å²) in [6, 6.07) is 16.7. The van der Waals surface area contributed by atoms with Crippen LogP contribution < -0.4 is 15.5 Å². The number of amides is 1. The number of pyridine rings is 1. The van der Waals surface area contributed by atoms with Crippen molar-refractivity contribution in [1.29, 1.82) is 0 Å². The van der Waals surface area contributed by atoms with E-state index in [2.05, 4.69) is 15.6 Å². The number of fused-ring (bicyclic) bond motifs is 2. The lowest BCUT2D eigenvalue weighted by Crippen LogP contribution is -2.60. The first kappa shape index (κ1) is 20.8. The van der Waals surface area contributed by atoms with Crippen LogP contribution in [-0.2, 0) is 11.3 Å². The molecule has 5 rings (SSSR count). The number of anilines is 1. The molecule has 164 valence electrons. The number of benzene rings is 2. The first-order chi connectivity index (χ1) is 15.5. The van der Waals surface area contributed by atoms with Gasteiger partial charge in [-0.25, -0.2) is 0 Å². The van der Waals surface area contributed by atoms with Gasteiger partial charge in [-0.15, -0.1) is 0 Å². The van der Waals surface area contributed by atoms with Crippen molar-refractivity contribution in [2.24, 2.45) is 5.92 Å². The Kier molecular flexibility index (Phi) is 5.50. The monoisotopic (exact) mass is 448 g/mol. The predicted octanol–water partition coefficient (Wildman–Crippen LogP) is 1.72. The van der Waals surface area contributed by atoms with Crippen LogP contribution in [0.15, 0.2) is 67.0 Å². The van der Waals surface area contributed by atoms with Crippen LogP contribution in [-0.4, -0.2) is 50.5 Å². The minimum absolute atomic E-state index is 0.146. The molecule has 1 amide bonds. The molecule has 1 aromatic heterocycles. The third-order valence-corrected chi connectivity index (χ3v) is 6.71. The van der Waals surface area contributed by atoms with Crippen molar-refractivity contribution in [3.63, 3.8) is 0 Å². The Labute approximate surface area is 191 Å². The van der Waals surface area contributed by atoms with Gasteiger partial charge < -0.3 is 25.7 Å². The molecule has 1 saturated carbocycles. The number of carbonyl (C=O) groups excluding carboxylic acids is 1. The van der Waals surface area contributed by atoms with E-state index in [1.54, 1.807) is 12.4 Å². The summed E-state index contributed by atoms with van der Waals surface area (Å²) < 4.78 is 0. The van der Waals surface area contributed by atoms with E-state index in [0.29, 0.717) is 11.7 Å². The second-order valence-corrected chi connectivity index (χ2v) is 8.70. The third kappa shape index (κ3) is 3.60. The van der Waals surface area contributed by atoms with Crippen LogP contribution in [0, 0.1) is 5.92 Å². The fourth-order valence-electron chi connectivity index (χ4n) is 4.86. The average molecular weight is 449 g/mol. The zero-order valence-electron chi connectivity index (χ0n) is 17.3. The number of nitrogens with one attached hydrogen (secondary N) is 2. The SMILES string of the molecule is O=C(NCc1cccnc1)[C@@H]1C[C@@H](O)[C@H](O)[C@@H]2NC(=S)N(c3cccc4ccccc34)[C@@H]21. The highest BCUT2D eigenvalue weighted by Crippen LogP contribution is 2.39. The topological polar surface area (TPSA) is 97.7 Å². The number of carbonyl (C=O) groups is 1. The lowest BCUT2D eigenvalue weighted by atomic mass is 9.77. The average Bonchev–Trinajstić information content (AvgIpc) is 3.17. The molecule has 1 aliphatic carbocycles. The maximum absolute atomic E-state index is 13.3. The van der Waals surface area contributed by atoms with Crippen LogP contribution in [0.5, 0.6) is 0 Å². The van der Waals surface area contributed by atoms with E-state index in [4.69, 9.17) is 12.2 Å². The Bertz CT molecular complexity index is 1150. The highest BCUT2D eigenvalue weighted by atomic mass is 32.1. The van der Waals surface area contributed by atoms with E-state index in [1.165, 1.54) is 0 Å². The molecule has 2 heterocycles. The Hall–Kier alpha value is -3.07. The first-order valence-electron chi connectivity index (χ1n) is 10.6. The van der Waals surface area contributed by atoms with Gasteiger partial charge in [0.1, 0.15) is 6.10 Å². The van der Waals surface area contributed by atoms with Crippen molar-refractivity contribution < 1.29 is 15.0 Å². The molecular weight excluding hydrogens is 424 g/mol. The molecule has 0 bridgehead atoms. The molecule has 2 aliphatic rings. The Morgan fingerprint density at radius 1 is 1.16 bits per heavy atom. The van der Waals surface area contributed by atoms with Crippen molar-refractivity contribution in [1.82, 2.24) is 15.6 Å². The minimum Gasteiger partial charge on any atom is -0.390 e. The minimum atomic E-state index is -1.03. The van der Waals surface area contributed by atoms with Gasteiger partial charge in [0.05, 0.1) is 29.8 Å². The molecule has 0 radical (unpaired) electrons. The molecule has 4 N–H and O–H groups in total. The van der Waals surface area contributed by atoms with Crippen LogP contribution in [0.25, 0.3) is 10.8 Å². The molecule has 7 nitrogen and oxygen atoms in total. The molecule has 3 aromatic rings. The Morgan fingerprint density at radius 3 is 2.78 bits per heavy atom. The van der Waals surface area contributed by atoms with Gasteiger partial charge in [-0.05, 0) is 41.7 Å². The van der Waals surface area contributed by atoms with Crippen LogP contribution in [0.2, 0.25) is 0 Å². The van der Waals surface area contributed by atoms with Gasteiger partial charge in [0, 0.05) is 24.3 Å². The second-order valence-electron chi connectivity index (χ2n) is 8.31. The van der Waals surface area contributed by atoms with Gasteiger partial charge in [-0.3, -0.25) is 9.78 Å². The maximum Gasteiger partial charge on any atom is 0.225 e. The van der Waals surface area contributed by atoms with Gasteiger partial charge in [0.2, 0.25) is 5.91 Å². The van der Waals surface area contributed by atoms with E-state index in [-0.39, 0.29) is 12.3 Å². The molecule has 2 aromatic carbocycles. The van der Waals surface area contributed by atoms with E-state index in [0.717, 1.165) is 22.0 Å². The fraction of sp³-hybridized carbons (Fsp3) is 0.292. The quantitative estimate of drug-likeness (QED) is 0.451. The smallest absolute Gasteiger partial charge is 0.225 e. The Morgan fingerprint density at radius 2 is 1.97 bits per heavy atom. The van der Waals surface area contributed by atoms with Crippen LogP contribution >= 0.6 is 12.2 Å². The van der Waals surface area contributed by atoms with Crippen LogP contribution in [0.1, 0.15) is 12.0 Å². The second kappa shape index (κ2) is 8.46. The van der Waals surface area contributed by atoms with E-state index in [9.17, 15) is 15.0 Å². The highest BCUT2D eigenvalue weighted by Gasteiger charge is 2.54. The van der Waals surface area contributed by atoms with Crippen molar-refractivity contribution in [3.8, 4) is 0 Å². The maximum atomic E-state index is 13.3. The van der Waals surface area contributed by atoms with Crippen LogP contribution in [0.3, 0.4) is 0 Å². The van der Waals surface area contributed by atoms with Crippen molar-refractivity contribution in [3.05, 3.63) is 72.6 Å². The standard InChI is InChI=1S/C24H24N4O3S/c29-19-11-17(23(31)26-13-14-5-4-10-25-12-14)21-20(22(19)30)27-24(32)28(21)18-9-3-7-15-6-1-2-8-16(15)18/h1-10,12,17,19-22,29-30H,11,13H2,(H,26,31)(H,27,32)/t17-,19-,20-,21-,22+/m1/s1. The van der Waals surface area contributed by atoms with Gasteiger partial charge >= 0.3 is 0 Å². The lowest BCUT2D eigenvalue weighted by molar-refractivity contribution is -0.131. The highest BCUT2D eigenvalue weighted by molar-refractivity contribution is 7.80. The third-order valence-electron chi connectivity index (χ3n) is 6.40. The summed E-state index contributed by atoms with van der Waals surface area (Å²) in [6.45, 7) is 0.339. The zero-order chi connectivity index (χ0) is 22.2. The Balaban J connectivity index is 1.50.